The van der Waals surface area contributed by atoms with Crippen molar-refractivity contribution in [1.82, 2.24) is 0 Å². The third kappa shape index (κ3) is 11.3. The molecule has 0 radical (unpaired) electrons. The molecule has 5 nitrogen and oxygen atoms in total. The molecule has 0 heterocycles. The third-order valence-electron chi connectivity index (χ3n) is 6.93. The normalized spacial score (nSPS) is 12.4. The molecule has 226 valence electrons. The first kappa shape index (κ1) is 32.8. The molecule has 2 atom stereocenters. The Morgan fingerprint density at radius 3 is 1.67 bits per heavy atom. The Morgan fingerprint density at radius 1 is 0.619 bits per heavy atom. The summed E-state index contributed by atoms with van der Waals surface area (Å²) < 4.78 is 44.3. The lowest BCUT2D eigenvalue weighted by atomic mass is 10.1. The largest absolute Gasteiger partial charge is 0.491 e. The molecule has 0 aromatic heterocycles. The van der Waals surface area contributed by atoms with Gasteiger partial charge in [0, 0.05) is 0 Å². The second kappa shape index (κ2) is 17.9. The van der Waals surface area contributed by atoms with Crippen LogP contribution in [-0.2, 0) is 4.79 Å². The monoisotopic (exact) mass is 580 g/mol. The van der Waals surface area contributed by atoms with Gasteiger partial charge in [0.1, 0.15) is 30.0 Å². The fourth-order valence-corrected chi connectivity index (χ4v) is 4.39. The lowest BCUT2D eigenvalue weighted by Crippen LogP contribution is -2.21. The Labute approximate surface area is 248 Å². The zero-order valence-electron chi connectivity index (χ0n) is 24.7. The number of hydrogen-bond acceptors (Lipinski definition) is 5. The fourth-order valence-electron chi connectivity index (χ4n) is 4.39. The quantitative estimate of drug-likeness (QED) is 0.0852. The molecule has 0 saturated heterocycles. The highest BCUT2D eigenvalue weighted by molar-refractivity contribution is 5.91. The standard InChI is InChI=1S/C35H42F2O5/c1-3-5-7-9-11-29(36)25-40-30-19-17-28(18-20-30)34(38)41-31-21-13-26(14-22-31)27-15-23-32(24-16-27)42-35(39)33(37)12-10-8-6-4-2/h13-24,29,33H,3-12,25H2,1-2H3/t29-,33-/m0/s1. The van der Waals surface area contributed by atoms with Crippen LogP contribution in [0.15, 0.2) is 72.8 Å². The van der Waals surface area contributed by atoms with Crippen LogP contribution in [0.5, 0.6) is 17.2 Å². The van der Waals surface area contributed by atoms with Crippen LogP contribution in [0.2, 0.25) is 0 Å². The number of rotatable bonds is 18. The molecule has 3 aromatic carbocycles. The van der Waals surface area contributed by atoms with Gasteiger partial charge in [0.25, 0.3) is 0 Å². The van der Waals surface area contributed by atoms with Crippen LogP contribution in [0, 0.1) is 0 Å². The maximum absolute atomic E-state index is 14.1. The number of alkyl halides is 2. The molecule has 0 unspecified atom stereocenters. The highest BCUT2D eigenvalue weighted by Gasteiger charge is 2.19. The van der Waals surface area contributed by atoms with E-state index in [4.69, 9.17) is 14.2 Å². The van der Waals surface area contributed by atoms with Gasteiger partial charge in [-0.15, -0.1) is 0 Å². The van der Waals surface area contributed by atoms with Gasteiger partial charge in [0.15, 0.2) is 6.17 Å². The van der Waals surface area contributed by atoms with Gasteiger partial charge < -0.3 is 14.2 Å². The van der Waals surface area contributed by atoms with Gasteiger partial charge in [-0.3, -0.25) is 0 Å². The average Bonchev–Trinajstić information content (AvgIpc) is 3.01. The molecule has 42 heavy (non-hydrogen) atoms. The number of ether oxygens (including phenoxy) is 3. The van der Waals surface area contributed by atoms with Crippen LogP contribution in [0.3, 0.4) is 0 Å². The van der Waals surface area contributed by atoms with Crippen LogP contribution in [0.25, 0.3) is 11.1 Å². The van der Waals surface area contributed by atoms with Gasteiger partial charge in [0.2, 0.25) is 0 Å². The Balaban J connectivity index is 1.45. The number of carbonyl (C=O) groups excluding carboxylic acids is 2. The summed E-state index contributed by atoms with van der Waals surface area (Å²) in [7, 11) is 0. The fraction of sp³-hybridized carbons (Fsp3) is 0.429. The molecule has 0 amide bonds. The predicted molar refractivity (Wildman–Crippen MR) is 162 cm³/mol. The van der Waals surface area contributed by atoms with Crippen LogP contribution >= 0.6 is 0 Å². The summed E-state index contributed by atoms with van der Waals surface area (Å²) in [6.45, 7) is 4.19. The Morgan fingerprint density at radius 2 is 1.12 bits per heavy atom. The van der Waals surface area contributed by atoms with Crippen molar-refractivity contribution < 1.29 is 32.6 Å². The zero-order chi connectivity index (χ0) is 30.2. The third-order valence-corrected chi connectivity index (χ3v) is 6.93. The van der Waals surface area contributed by atoms with Crippen LogP contribution in [0.4, 0.5) is 8.78 Å². The minimum Gasteiger partial charge on any atom is -0.491 e. The van der Waals surface area contributed by atoms with Crippen molar-refractivity contribution >= 4 is 11.9 Å². The summed E-state index contributed by atoms with van der Waals surface area (Å²) >= 11 is 0. The van der Waals surface area contributed by atoms with E-state index >= 15 is 0 Å². The van der Waals surface area contributed by atoms with E-state index in [0.29, 0.717) is 29.9 Å². The van der Waals surface area contributed by atoms with E-state index < -0.39 is 24.3 Å². The molecule has 3 aromatic rings. The van der Waals surface area contributed by atoms with Crippen molar-refractivity contribution in [3.8, 4) is 28.4 Å². The van der Waals surface area contributed by atoms with Crippen LogP contribution < -0.4 is 14.2 Å². The SMILES string of the molecule is CCCCCC[C@H](F)COc1ccc(C(=O)Oc2ccc(-c3ccc(OC(=O)[C@@H](F)CCCCCC)cc3)cc2)cc1. The van der Waals surface area contributed by atoms with E-state index in [2.05, 4.69) is 13.8 Å². The number of halogens is 2. The van der Waals surface area contributed by atoms with Gasteiger partial charge in [-0.1, -0.05) is 83.1 Å². The zero-order valence-corrected chi connectivity index (χ0v) is 24.7. The predicted octanol–water partition coefficient (Wildman–Crippen LogP) is 9.47. The Hall–Kier alpha value is -3.74. The first-order valence-corrected chi connectivity index (χ1v) is 15.0. The lowest BCUT2D eigenvalue weighted by molar-refractivity contribution is -0.140. The van der Waals surface area contributed by atoms with Gasteiger partial charge in [0.05, 0.1) is 5.56 Å². The molecule has 0 N–H and O–H groups in total. The van der Waals surface area contributed by atoms with Crippen molar-refractivity contribution in [2.75, 3.05) is 6.61 Å². The maximum Gasteiger partial charge on any atom is 0.346 e. The molecule has 0 fully saturated rings. The Bertz CT molecular complexity index is 1210. The molecule has 3 rings (SSSR count). The first-order valence-electron chi connectivity index (χ1n) is 15.0. The van der Waals surface area contributed by atoms with Gasteiger partial charge >= 0.3 is 11.9 Å². The van der Waals surface area contributed by atoms with Crippen LogP contribution in [-0.4, -0.2) is 30.9 Å². The van der Waals surface area contributed by atoms with Gasteiger partial charge in [-0.25, -0.2) is 18.4 Å². The molecule has 7 heteroatoms. The smallest absolute Gasteiger partial charge is 0.346 e. The molecule has 0 saturated carbocycles. The van der Waals surface area contributed by atoms with Gasteiger partial charge in [-0.05, 0) is 78.9 Å². The summed E-state index contributed by atoms with van der Waals surface area (Å²) in [5.41, 5.74) is 2.07. The summed E-state index contributed by atoms with van der Waals surface area (Å²) in [5, 5.41) is 0. The number of benzene rings is 3. The van der Waals surface area contributed by atoms with Gasteiger partial charge in [-0.2, -0.15) is 0 Å². The van der Waals surface area contributed by atoms with E-state index in [0.717, 1.165) is 56.1 Å². The second-order valence-electron chi connectivity index (χ2n) is 10.5. The molecular formula is C35H42F2O5. The van der Waals surface area contributed by atoms with Crippen molar-refractivity contribution in [1.29, 1.82) is 0 Å². The van der Waals surface area contributed by atoms with Crippen molar-refractivity contribution in [2.24, 2.45) is 0 Å². The van der Waals surface area contributed by atoms with E-state index in [1.807, 2.05) is 12.1 Å². The first-order chi connectivity index (χ1) is 20.4. The topological polar surface area (TPSA) is 61.8 Å². The highest BCUT2D eigenvalue weighted by atomic mass is 19.1. The number of hydrogen-bond donors (Lipinski definition) is 0. The second-order valence-corrected chi connectivity index (χ2v) is 10.5. The van der Waals surface area contributed by atoms with Crippen LogP contribution in [0.1, 0.15) is 88.4 Å². The molecule has 0 aliphatic carbocycles. The Kier molecular flexibility index (Phi) is 14.0. The molecular weight excluding hydrogens is 538 g/mol. The summed E-state index contributed by atoms with van der Waals surface area (Å²) in [6.07, 6.45) is 5.80. The molecule has 0 aliphatic rings. The number of carbonyl (C=O) groups is 2. The summed E-state index contributed by atoms with van der Waals surface area (Å²) in [5.74, 6) is -0.218. The van der Waals surface area contributed by atoms with Crippen molar-refractivity contribution in [3.63, 3.8) is 0 Å². The average molecular weight is 581 g/mol. The molecule has 0 aliphatic heterocycles. The minimum absolute atomic E-state index is 0.00653. The maximum atomic E-state index is 14.1. The highest BCUT2D eigenvalue weighted by Crippen LogP contribution is 2.26. The van der Waals surface area contributed by atoms with E-state index in [1.54, 1.807) is 60.7 Å². The number of unbranched alkanes of at least 4 members (excludes halogenated alkanes) is 6. The van der Waals surface area contributed by atoms with E-state index in [9.17, 15) is 18.4 Å². The molecule has 0 spiro atoms. The lowest BCUT2D eigenvalue weighted by Gasteiger charge is -2.11. The summed E-state index contributed by atoms with van der Waals surface area (Å²) in [4.78, 5) is 24.6. The van der Waals surface area contributed by atoms with Crippen molar-refractivity contribution in [3.05, 3.63) is 78.4 Å². The van der Waals surface area contributed by atoms with E-state index in [-0.39, 0.29) is 18.8 Å². The number of esters is 2. The van der Waals surface area contributed by atoms with Crippen molar-refractivity contribution in [2.45, 2.75) is 90.4 Å². The molecule has 0 bridgehead atoms. The summed E-state index contributed by atoms with van der Waals surface area (Å²) in [6, 6.07) is 20.2. The van der Waals surface area contributed by atoms with E-state index in [1.165, 1.54) is 0 Å². The minimum atomic E-state index is -1.62.